The predicted octanol–water partition coefficient (Wildman–Crippen LogP) is 2.71. The highest BCUT2D eigenvalue weighted by molar-refractivity contribution is 5.97. The first-order valence-corrected chi connectivity index (χ1v) is 8.57. The maximum absolute atomic E-state index is 13.3. The van der Waals surface area contributed by atoms with Gasteiger partial charge in [-0.05, 0) is 48.5 Å². The van der Waals surface area contributed by atoms with Crippen LogP contribution in [-0.4, -0.2) is 47.2 Å². The van der Waals surface area contributed by atoms with E-state index in [1.165, 1.54) is 17.0 Å². The molecule has 1 aliphatic heterocycles. The van der Waals surface area contributed by atoms with Crippen molar-refractivity contribution in [1.82, 2.24) is 14.7 Å². The minimum Gasteiger partial charge on any atom is -0.482 e. The molecule has 2 heterocycles. The molecule has 4 rings (SSSR count). The highest BCUT2D eigenvalue weighted by atomic mass is 19.1. The zero-order valence-corrected chi connectivity index (χ0v) is 15.3. The number of ether oxygens (including phenoxy) is 1. The van der Waals surface area contributed by atoms with E-state index in [0.717, 1.165) is 5.56 Å². The zero-order valence-electron chi connectivity index (χ0n) is 15.3. The number of nitrogens with zero attached hydrogens (tertiary/aromatic N) is 3. The standard InChI is InChI=1S/C20H17FN4O3/c1-24(2)20(27)16-10-17(25(23-16)14-6-4-13(21)5-7-14)12-3-8-18-15(9-12)22-19(26)11-28-18/h3-10H,11H2,1-2H3,(H,22,26). The van der Waals surface area contributed by atoms with E-state index >= 15 is 0 Å². The van der Waals surface area contributed by atoms with Crippen molar-refractivity contribution in [2.75, 3.05) is 26.0 Å². The molecule has 7 nitrogen and oxygen atoms in total. The number of hydrogen-bond donors (Lipinski definition) is 1. The summed E-state index contributed by atoms with van der Waals surface area (Å²) in [6.45, 7) is -0.0264. The van der Waals surface area contributed by atoms with Gasteiger partial charge in [-0.25, -0.2) is 9.07 Å². The number of anilines is 1. The first kappa shape index (κ1) is 17.7. The van der Waals surface area contributed by atoms with Crippen molar-refractivity contribution < 1.29 is 18.7 Å². The maximum atomic E-state index is 13.3. The Morgan fingerprint density at radius 3 is 2.64 bits per heavy atom. The number of aromatic nitrogens is 2. The van der Waals surface area contributed by atoms with Gasteiger partial charge in [-0.15, -0.1) is 0 Å². The molecule has 1 aromatic heterocycles. The summed E-state index contributed by atoms with van der Waals surface area (Å²) >= 11 is 0. The van der Waals surface area contributed by atoms with Crippen LogP contribution < -0.4 is 10.1 Å². The summed E-state index contributed by atoms with van der Waals surface area (Å²) in [6, 6.07) is 12.8. The Bertz CT molecular complexity index is 1070. The largest absolute Gasteiger partial charge is 0.482 e. The number of fused-ring (bicyclic) bond motifs is 1. The van der Waals surface area contributed by atoms with E-state index in [1.807, 2.05) is 6.07 Å². The molecule has 28 heavy (non-hydrogen) atoms. The monoisotopic (exact) mass is 380 g/mol. The molecular formula is C20H17FN4O3. The van der Waals surface area contributed by atoms with Gasteiger partial charge in [0.2, 0.25) is 0 Å². The van der Waals surface area contributed by atoms with Gasteiger partial charge >= 0.3 is 0 Å². The first-order chi connectivity index (χ1) is 13.4. The van der Waals surface area contributed by atoms with Gasteiger partial charge in [0.05, 0.1) is 17.1 Å². The fourth-order valence-electron chi connectivity index (χ4n) is 2.94. The zero-order chi connectivity index (χ0) is 19.8. The summed E-state index contributed by atoms with van der Waals surface area (Å²) in [6.07, 6.45) is 0. The fourth-order valence-corrected chi connectivity index (χ4v) is 2.94. The number of carbonyl (C=O) groups excluding carboxylic acids is 2. The number of rotatable bonds is 3. The smallest absolute Gasteiger partial charge is 0.273 e. The molecule has 0 bridgehead atoms. The van der Waals surface area contributed by atoms with Gasteiger partial charge < -0.3 is 15.0 Å². The van der Waals surface area contributed by atoms with Crippen molar-refractivity contribution in [2.45, 2.75) is 0 Å². The number of carbonyl (C=O) groups is 2. The van der Waals surface area contributed by atoms with E-state index in [9.17, 15) is 14.0 Å². The number of nitrogens with one attached hydrogen (secondary N) is 1. The lowest BCUT2D eigenvalue weighted by Gasteiger charge is -2.18. The van der Waals surface area contributed by atoms with Crippen LogP contribution in [0.4, 0.5) is 10.1 Å². The third kappa shape index (κ3) is 3.20. The summed E-state index contributed by atoms with van der Waals surface area (Å²) in [5.74, 6) is -0.284. The minimum absolute atomic E-state index is 0.0264. The Morgan fingerprint density at radius 1 is 1.18 bits per heavy atom. The summed E-state index contributed by atoms with van der Waals surface area (Å²) in [7, 11) is 3.29. The quantitative estimate of drug-likeness (QED) is 0.758. The second-order valence-corrected chi connectivity index (χ2v) is 6.55. The Labute approximate surface area is 160 Å². The lowest BCUT2D eigenvalue weighted by atomic mass is 10.1. The van der Waals surface area contributed by atoms with Crippen molar-refractivity contribution in [2.24, 2.45) is 0 Å². The van der Waals surface area contributed by atoms with Gasteiger partial charge in [-0.1, -0.05) is 0 Å². The summed E-state index contributed by atoms with van der Waals surface area (Å²) in [5, 5.41) is 7.19. The average Bonchev–Trinajstić information content (AvgIpc) is 3.12. The molecule has 2 amide bonds. The van der Waals surface area contributed by atoms with Gasteiger partial charge in [0.25, 0.3) is 11.8 Å². The molecule has 0 unspecified atom stereocenters. The summed E-state index contributed by atoms with van der Waals surface area (Å²) < 4.78 is 20.3. The van der Waals surface area contributed by atoms with Crippen LogP contribution in [0.15, 0.2) is 48.5 Å². The predicted molar refractivity (Wildman–Crippen MR) is 101 cm³/mol. The van der Waals surface area contributed by atoms with Crippen LogP contribution >= 0.6 is 0 Å². The Kier molecular flexibility index (Phi) is 4.31. The summed E-state index contributed by atoms with van der Waals surface area (Å²) in [4.78, 5) is 25.5. The lowest BCUT2D eigenvalue weighted by molar-refractivity contribution is -0.118. The van der Waals surface area contributed by atoms with Crippen LogP contribution in [0.2, 0.25) is 0 Å². The Morgan fingerprint density at radius 2 is 1.93 bits per heavy atom. The SMILES string of the molecule is CN(C)C(=O)c1cc(-c2ccc3c(c2)NC(=O)CO3)n(-c2ccc(F)cc2)n1. The molecule has 0 saturated carbocycles. The average molecular weight is 380 g/mol. The molecule has 0 fully saturated rings. The molecule has 0 spiro atoms. The highest BCUT2D eigenvalue weighted by Gasteiger charge is 2.21. The summed E-state index contributed by atoms with van der Waals surface area (Å²) in [5.41, 5.74) is 2.74. The van der Waals surface area contributed by atoms with Gasteiger partial charge in [0.15, 0.2) is 12.3 Å². The van der Waals surface area contributed by atoms with Gasteiger partial charge in [-0.3, -0.25) is 9.59 Å². The van der Waals surface area contributed by atoms with Crippen LogP contribution in [0, 0.1) is 5.82 Å². The molecule has 0 aliphatic carbocycles. The number of hydrogen-bond acceptors (Lipinski definition) is 4. The molecule has 0 atom stereocenters. The molecular weight excluding hydrogens is 363 g/mol. The first-order valence-electron chi connectivity index (χ1n) is 8.57. The van der Waals surface area contributed by atoms with Crippen molar-refractivity contribution in [1.29, 1.82) is 0 Å². The van der Waals surface area contributed by atoms with Crippen molar-refractivity contribution in [3.8, 4) is 22.7 Å². The normalized spacial score (nSPS) is 12.8. The molecule has 1 N–H and O–H groups in total. The molecule has 142 valence electrons. The van der Waals surface area contributed by atoms with E-state index < -0.39 is 0 Å². The fraction of sp³-hybridized carbons (Fsp3) is 0.150. The van der Waals surface area contributed by atoms with E-state index in [1.54, 1.807) is 49.1 Å². The third-order valence-corrected chi connectivity index (χ3v) is 4.31. The van der Waals surface area contributed by atoms with Crippen molar-refractivity contribution in [3.05, 3.63) is 60.0 Å². The third-order valence-electron chi connectivity index (χ3n) is 4.31. The topological polar surface area (TPSA) is 76.5 Å². The van der Waals surface area contributed by atoms with Crippen LogP contribution in [0.3, 0.4) is 0 Å². The number of benzene rings is 2. The van der Waals surface area contributed by atoms with E-state index in [0.29, 0.717) is 22.8 Å². The second-order valence-electron chi connectivity index (χ2n) is 6.55. The van der Waals surface area contributed by atoms with Gasteiger partial charge in [0.1, 0.15) is 11.6 Å². The Balaban J connectivity index is 1.85. The van der Waals surface area contributed by atoms with E-state index in [4.69, 9.17) is 4.74 Å². The second kappa shape index (κ2) is 6.80. The number of halogens is 1. The minimum atomic E-state index is -0.365. The van der Waals surface area contributed by atoms with Crippen LogP contribution in [-0.2, 0) is 4.79 Å². The molecule has 1 aliphatic rings. The Hall–Kier alpha value is -3.68. The molecule has 2 aromatic carbocycles. The maximum Gasteiger partial charge on any atom is 0.273 e. The number of amides is 2. The van der Waals surface area contributed by atoms with Crippen molar-refractivity contribution in [3.63, 3.8) is 0 Å². The molecule has 8 heteroatoms. The van der Waals surface area contributed by atoms with Gasteiger partial charge in [-0.2, -0.15) is 5.10 Å². The van der Waals surface area contributed by atoms with Crippen LogP contribution in [0.5, 0.6) is 5.75 Å². The lowest BCUT2D eigenvalue weighted by Crippen LogP contribution is -2.25. The highest BCUT2D eigenvalue weighted by Crippen LogP contribution is 2.34. The van der Waals surface area contributed by atoms with Crippen LogP contribution in [0.1, 0.15) is 10.5 Å². The van der Waals surface area contributed by atoms with Gasteiger partial charge in [0, 0.05) is 19.7 Å². The van der Waals surface area contributed by atoms with Crippen LogP contribution in [0.25, 0.3) is 16.9 Å². The molecule has 3 aromatic rings. The van der Waals surface area contributed by atoms with Crippen molar-refractivity contribution >= 4 is 17.5 Å². The molecule has 0 radical (unpaired) electrons. The van der Waals surface area contributed by atoms with E-state index in [-0.39, 0.29) is 29.9 Å². The molecule has 0 saturated heterocycles. The van der Waals surface area contributed by atoms with E-state index in [2.05, 4.69) is 10.4 Å².